The van der Waals surface area contributed by atoms with Gasteiger partial charge >= 0.3 is 17.9 Å². The quantitative estimate of drug-likeness (QED) is 0.343. The molecule has 0 aromatic rings. The number of carbonyl (C=O) groups excluding carboxylic acids is 4. The molecule has 1 amide bonds. The zero-order chi connectivity index (χ0) is 20.6. The largest absolute Gasteiger partial charge is 0.463 e. The Bertz CT molecular complexity index is 577. The molecule has 152 valence electrons. The van der Waals surface area contributed by atoms with Gasteiger partial charge in [-0.25, -0.2) is 0 Å². The van der Waals surface area contributed by atoms with E-state index in [0.29, 0.717) is 0 Å². The van der Waals surface area contributed by atoms with E-state index < -0.39 is 54.5 Å². The molecule has 1 fully saturated rings. The first-order valence-electron chi connectivity index (χ1n) is 8.28. The van der Waals surface area contributed by atoms with Crippen LogP contribution in [0.3, 0.4) is 0 Å². The van der Waals surface area contributed by atoms with Gasteiger partial charge < -0.3 is 29.0 Å². The van der Waals surface area contributed by atoms with Gasteiger partial charge in [-0.05, 0) is 0 Å². The summed E-state index contributed by atoms with van der Waals surface area (Å²) in [5, 5.41) is 2.59. The van der Waals surface area contributed by atoms with E-state index in [9.17, 15) is 19.2 Å². The second-order valence-electron chi connectivity index (χ2n) is 5.84. The van der Waals surface area contributed by atoms with Crippen LogP contribution in [0.15, 0.2) is 12.7 Å². The third kappa shape index (κ3) is 7.35. The number of hydrogen-bond acceptors (Lipinski definition) is 9. The Balaban J connectivity index is 3.24. The van der Waals surface area contributed by atoms with Crippen LogP contribution < -0.4 is 5.32 Å². The maximum absolute atomic E-state index is 11.6. The van der Waals surface area contributed by atoms with Gasteiger partial charge in [-0.2, -0.15) is 0 Å². The van der Waals surface area contributed by atoms with Gasteiger partial charge in [0, 0.05) is 27.7 Å². The number of hydrogen-bond donors (Lipinski definition) is 1. The van der Waals surface area contributed by atoms with Crippen molar-refractivity contribution in [2.24, 2.45) is 0 Å². The van der Waals surface area contributed by atoms with Crippen LogP contribution in [0.25, 0.3) is 0 Å². The fourth-order valence-electron chi connectivity index (χ4n) is 2.60. The van der Waals surface area contributed by atoms with Gasteiger partial charge in [0.05, 0.1) is 6.61 Å². The highest BCUT2D eigenvalue weighted by molar-refractivity contribution is 5.73. The predicted octanol–water partition coefficient (Wildman–Crippen LogP) is -0.155. The topological polar surface area (TPSA) is 126 Å². The van der Waals surface area contributed by atoms with Gasteiger partial charge in [-0.1, -0.05) is 6.08 Å². The van der Waals surface area contributed by atoms with E-state index in [0.717, 1.165) is 0 Å². The van der Waals surface area contributed by atoms with Crippen LogP contribution >= 0.6 is 0 Å². The predicted molar refractivity (Wildman–Crippen MR) is 90.2 cm³/mol. The van der Waals surface area contributed by atoms with Crippen LogP contribution in [0.4, 0.5) is 0 Å². The van der Waals surface area contributed by atoms with Crippen molar-refractivity contribution in [2.75, 3.05) is 13.2 Å². The summed E-state index contributed by atoms with van der Waals surface area (Å²) in [6.07, 6.45) is -2.84. The van der Waals surface area contributed by atoms with Gasteiger partial charge in [0.1, 0.15) is 18.8 Å². The molecule has 1 heterocycles. The first kappa shape index (κ1) is 22.6. The molecule has 0 radical (unpaired) electrons. The number of esters is 3. The lowest BCUT2D eigenvalue weighted by atomic mass is 9.96. The molecule has 1 rings (SSSR count). The molecule has 0 saturated carbocycles. The SMILES string of the molecule is C=CCO[C@@H]1OC(COC(C)=O)[C@@H](OC(C)=O)[C@H](OC(C)=O)C1NC(C)=O. The molecule has 2 unspecified atom stereocenters. The molecule has 0 bridgehead atoms. The van der Waals surface area contributed by atoms with Crippen LogP contribution in [0.2, 0.25) is 0 Å². The number of nitrogens with one attached hydrogen (secondary N) is 1. The van der Waals surface area contributed by atoms with Crippen molar-refractivity contribution in [3.63, 3.8) is 0 Å². The fraction of sp³-hybridized carbons (Fsp3) is 0.647. The van der Waals surface area contributed by atoms with Gasteiger partial charge in [-0.3, -0.25) is 19.2 Å². The summed E-state index contributed by atoms with van der Waals surface area (Å²) in [7, 11) is 0. The van der Waals surface area contributed by atoms with Crippen LogP contribution in [0, 0.1) is 0 Å². The highest BCUT2D eigenvalue weighted by atomic mass is 16.7. The van der Waals surface area contributed by atoms with E-state index in [1.54, 1.807) is 0 Å². The summed E-state index contributed by atoms with van der Waals surface area (Å²) in [6.45, 7) is 8.16. The summed E-state index contributed by atoms with van der Waals surface area (Å²) in [5.74, 6) is -2.34. The molecule has 1 aliphatic rings. The minimum atomic E-state index is -1.13. The van der Waals surface area contributed by atoms with Crippen molar-refractivity contribution in [2.45, 2.75) is 58.3 Å². The highest BCUT2D eigenvalue weighted by Crippen LogP contribution is 2.27. The average Bonchev–Trinajstić information content (AvgIpc) is 2.54. The van der Waals surface area contributed by atoms with Crippen molar-refractivity contribution in [1.29, 1.82) is 0 Å². The summed E-state index contributed by atoms with van der Waals surface area (Å²) in [5.41, 5.74) is 0. The lowest BCUT2D eigenvalue weighted by Crippen LogP contribution is -2.66. The molecule has 0 aliphatic carbocycles. The molecule has 0 aromatic carbocycles. The molecule has 5 atom stereocenters. The number of rotatable bonds is 8. The zero-order valence-electron chi connectivity index (χ0n) is 15.8. The Kier molecular flexibility index (Phi) is 8.89. The summed E-state index contributed by atoms with van der Waals surface area (Å²) < 4.78 is 26.8. The summed E-state index contributed by atoms with van der Waals surface area (Å²) >= 11 is 0. The van der Waals surface area contributed by atoms with E-state index in [1.807, 2.05) is 0 Å². The maximum atomic E-state index is 11.6. The van der Waals surface area contributed by atoms with Crippen molar-refractivity contribution in [3.05, 3.63) is 12.7 Å². The smallest absolute Gasteiger partial charge is 0.303 e. The van der Waals surface area contributed by atoms with Crippen LogP contribution in [-0.2, 0) is 42.9 Å². The van der Waals surface area contributed by atoms with E-state index in [1.165, 1.54) is 33.8 Å². The maximum Gasteiger partial charge on any atom is 0.303 e. The van der Waals surface area contributed by atoms with Gasteiger partial charge in [0.15, 0.2) is 18.5 Å². The zero-order valence-corrected chi connectivity index (χ0v) is 15.8. The summed E-state index contributed by atoms with van der Waals surface area (Å²) in [4.78, 5) is 46.0. The van der Waals surface area contributed by atoms with Crippen LogP contribution in [0.1, 0.15) is 27.7 Å². The minimum Gasteiger partial charge on any atom is -0.463 e. The van der Waals surface area contributed by atoms with Gasteiger partial charge in [-0.15, -0.1) is 6.58 Å². The Morgan fingerprint density at radius 3 is 2.07 bits per heavy atom. The van der Waals surface area contributed by atoms with Crippen molar-refractivity contribution in [1.82, 2.24) is 5.32 Å². The molecular formula is C17H25NO9. The third-order valence-corrected chi connectivity index (χ3v) is 3.45. The number of amides is 1. The van der Waals surface area contributed by atoms with Crippen molar-refractivity contribution in [3.8, 4) is 0 Å². The highest BCUT2D eigenvalue weighted by Gasteiger charge is 2.51. The van der Waals surface area contributed by atoms with Crippen molar-refractivity contribution >= 4 is 23.8 Å². The van der Waals surface area contributed by atoms with Gasteiger partial charge in [0.2, 0.25) is 5.91 Å². The Labute approximate surface area is 157 Å². The molecule has 1 aliphatic heterocycles. The normalized spacial score (nSPS) is 27.2. The molecule has 0 aromatic heterocycles. The van der Waals surface area contributed by atoms with Crippen molar-refractivity contribution < 1.29 is 42.9 Å². The molecule has 1 N–H and O–H groups in total. The molecule has 1 saturated heterocycles. The molecule has 10 heteroatoms. The first-order chi connectivity index (χ1) is 12.6. The van der Waals surface area contributed by atoms with Crippen LogP contribution in [0.5, 0.6) is 0 Å². The molecule has 10 nitrogen and oxygen atoms in total. The first-order valence-corrected chi connectivity index (χ1v) is 8.28. The monoisotopic (exact) mass is 387 g/mol. The minimum absolute atomic E-state index is 0.0755. The fourth-order valence-corrected chi connectivity index (χ4v) is 2.60. The van der Waals surface area contributed by atoms with Crippen LogP contribution in [-0.4, -0.2) is 67.7 Å². The van der Waals surface area contributed by atoms with Gasteiger partial charge in [0.25, 0.3) is 0 Å². The molecule has 27 heavy (non-hydrogen) atoms. The summed E-state index contributed by atoms with van der Waals surface area (Å²) in [6, 6.07) is -0.968. The number of carbonyl (C=O) groups is 4. The Hall–Kier alpha value is -2.46. The van der Waals surface area contributed by atoms with E-state index in [4.69, 9.17) is 23.7 Å². The Morgan fingerprint density at radius 1 is 1.00 bits per heavy atom. The standard InChI is InChI=1S/C17H25NO9/c1-6-7-23-17-14(18-9(2)19)16(26-12(5)22)15(25-11(4)21)13(27-17)8-24-10(3)20/h6,13-17H,1,7-8H2,2-5H3,(H,18,19)/t13?,14?,15-,16-,17-/m1/s1. The number of ether oxygens (including phenoxy) is 5. The lowest BCUT2D eigenvalue weighted by molar-refractivity contribution is -0.275. The second kappa shape index (κ2) is 10.6. The lowest BCUT2D eigenvalue weighted by Gasteiger charge is -2.44. The molecular weight excluding hydrogens is 362 g/mol. The average molecular weight is 387 g/mol. The van der Waals surface area contributed by atoms with E-state index >= 15 is 0 Å². The third-order valence-electron chi connectivity index (χ3n) is 3.45. The van der Waals surface area contributed by atoms with E-state index in [-0.39, 0.29) is 13.2 Å². The second-order valence-corrected chi connectivity index (χ2v) is 5.84. The van der Waals surface area contributed by atoms with E-state index in [2.05, 4.69) is 11.9 Å². The molecule has 0 spiro atoms. The Morgan fingerprint density at radius 2 is 1.59 bits per heavy atom.